The fourth-order valence-corrected chi connectivity index (χ4v) is 17.8. The molecular weight excluding hydrogens is 2110 g/mol. The van der Waals surface area contributed by atoms with Crippen molar-refractivity contribution >= 4 is 180 Å². The van der Waals surface area contributed by atoms with Crippen LogP contribution in [-0.4, -0.2) is 146 Å². The van der Waals surface area contributed by atoms with Crippen molar-refractivity contribution in [1.29, 1.82) is 16.2 Å². The molecule has 29 nitrogen and oxygen atoms in total. The molecule has 0 atom stereocenters. The number of carbonyl (C=O) groups excluding carboxylic acids is 4. The lowest BCUT2D eigenvalue weighted by Crippen LogP contribution is -2.64. The van der Waals surface area contributed by atoms with Crippen molar-refractivity contribution in [2.45, 2.75) is 217 Å². The number of carboxylic acids is 1. The van der Waals surface area contributed by atoms with Crippen molar-refractivity contribution in [2.75, 3.05) is 33.3 Å². The Bertz CT molecular complexity index is 7740. The third-order valence-corrected chi connectivity index (χ3v) is 27.4. The van der Waals surface area contributed by atoms with E-state index in [4.69, 9.17) is 133 Å². The number of fused-ring (bicyclic) bond motifs is 5. The van der Waals surface area contributed by atoms with Gasteiger partial charge in [0, 0.05) is 164 Å². The molecule has 149 heavy (non-hydrogen) atoms. The second-order valence-corrected chi connectivity index (χ2v) is 44.4. The van der Waals surface area contributed by atoms with Gasteiger partial charge in [-0.25, -0.2) is 29.7 Å². The van der Waals surface area contributed by atoms with E-state index in [0.29, 0.717) is 88.4 Å². The number of amides is 4. The maximum absolute atomic E-state index is 14.0. The summed E-state index contributed by atoms with van der Waals surface area (Å²) in [6.45, 7) is 47.1. The number of aliphatic hydroxyl groups excluding tert-OH is 2. The predicted octanol–water partition coefficient (Wildman–Crippen LogP) is 27.0. The summed E-state index contributed by atoms with van der Waals surface area (Å²) in [6.07, 6.45) is 5.21. The number of furan rings is 5. The molecule has 2 fully saturated rings. The number of methoxy groups -OCH3 is 1. The summed E-state index contributed by atoms with van der Waals surface area (Å²) >= 11 is 30.7. The van der Waals surface area contributed by atoms with Gasteiger partial charge in [0.1, 0.15) is 74.3 Å². The van der Waals surface area contributed by atoms with Gasteiger partial charge in [-0.1, -0.05) is 198 Å². The molecule has 0 radical (unpaired) electrons. The molecule has 4 amide bonds. The second-order valence-electron chi connectivity index (χ2n) is 42.4. The maximum Gasteiger partial charge on any atom is 0.371 e. The second kappa shape index (κ2) is 46.4. The van der Waals surface area contributed by atoms with E-state index < -0.39 is 23.0 Å². The summed E-state index contributed by atoms with van der Waals surface area (Å²) in [5.41, 5.74) is 31.9. The van der Waals surface area contributed by atoms with Gasteiger partial charge in [0.05, 0.1) is 47.8 Å². The number of hydrogen-bond donors (Lipinski definition) is 6. The molecule has 15 aromatic rings. The average molecular weight is 2240 g/mol. The monoisotopic (exact) mass is 2230 g/mol. The van der Waals surface area contributed by atoms with Crippen LogP contribution in [0.4, 0.5) is 0 Å². The van der Waals surface area contributed by atoms with Crippen molar-refractivity contribution in [1.82, 2.24) is 44.5 Å². The average Bonchev–Trinajstić information content (AvgIpc) is 1.46. The lowest BCUT2D eigenvalue weighted by atomic mass is 9.86. The Morgan fingerprint density at radius 3 is 1.03 bits per heavy atom. The third kappa shape index (κ3) is 25.9. The first kappa shape index (κ1) is 116. The Kier molecular flexibility index (Phi) is 36.1. The molecule has 5 aromatic carbocycles. The number of ether oxygens (including phenoxy) is 1. The van der Waals surface area contributed by atoms with E-state index in [1.165, 1.54) is 28.3 Å². The van der Waals surface area contributed by atoms with E-state index in [1.54, 1.807) is 75.1 Å². The van der Waals surface area contributed by atoms with Crippen molar-refractivity contribution < 1.29 is 67.5 Å². The molecule has 8 N–H and O–H groups in total. The molecule has 0 saturated carbocycles. The molecule has 35 heteroatoms. The number of aliphatic imine (C=N–C) groups is 1. The van der Waals surface area contributed by atoms with Crippen LogP contribution in [0, 0.1) is 43.9 Å². The number of halogens is 6. The number of aliphatic hydroxyl groups is 2. The maximum atomic E-state index is 14.0. The summed E-state index contributed by atoms with van der Waals surface area (Å²) in [5, 5.41) is 50.4. The molecule has 0 spiro atoms. The summed E-state index contributed by atoms with van der Waals surface area (Å²) in [4.78, 5) is 99.7. The minimum atomic E-state index is -1.18. The number of carbonyl (C=O) groups is 5. The van der Waals surface area contributed by atoms with Crippen molar-refractivity contribution in [2.24, 2.45) is 16.5 Å². The van der Waals surface area contributed by atoms with Crippen LogP contribution in [0.15, 0.2) is 209 Å². The Labute approximate surface area is 909 Å². The van der Waals surface area contributed by atoms with E-state index in [0.717, 1.165) is 129 Å². The van der Waals surface area contributed by atoms with Gasteiger partial charge in [-0.05, 0) is 201 Å². The van der Waals surface area contributed by atoms with Crippen LogP contribution in [0.5, 0.6) is 5.75 Å². The highest BCUT2D eigenvalue weighted by atomic mass is 127. The Morgan fingerprint density at radius 2 is 0.738 bits per heavy atom. The van der Waals surface area contributed by atoms with Gasteiger partial charge in [-0.3, -0.25) is 24.2 Å². The quantitative estimate of drug-likeness (QED) is 0.0226. The summed E-state index contributed by atoms with van der Waals surface area (Å²) in [6, 6.07) is 48.9. The van der Waals surface area contributed by atoms with Gasteiger partial charge >= 0.3 is 5.97 Å². The topological polar surface area (TPSA) is 434 Å². The highest BCUT2D eigenvalue weighted by Crippen LogP contribution is 2.44. The predicted molar refractivity (Wildman–Crippen MR) is 601 cm³/mol. The standard InChI is InChI=1S/C36H40ClN5O4.C28H32ClN5O3.C19H18ClNO3.C19H20ClNO2.C12H14ClNO2.HI.N2.H2/c1-22-16-24(10-13-28(22)37)29-17-27(35(2,3)4)32-30(40-29)18-31(46-32)33(43)42-15-14-41(34(44)36(42,5)6)25(19-38)21-39-20-23-8-11-26(45-7)12-9-23;1-16-11-17(7-8-20(16)29)21-12-19(27(2,3)4)24-22(32-21)13-23(37-24)25(35)34-10-9-33(18(14-30)15-31)26(36)28(34,5)6;1-10-7-11(5-6-13(10)20)14-8-12(19(2,3)4)17-15(21-14)9-16(24-17)18(22)23;1-11-7-12(5-6-15(11)20)16-9-14(19(2,3)4)18-17(21-16)8-13(10-22)23-18;1-12(2,3)8-5-10(13)14-9-4-7(6-15)16-11(8)9;;1-2;/h8-13,16-19,21H,14-15,20,38H2,1-7H3;7-8,11-15,30H,9-10,31H2,1-6H3;5-9H,1-4H3,(H,22,23);5-9,22H,10H2,1-4H3;4-5,15H,6H2,1-3H3;1H;;1H/b;18-15+,30-14?;;;;;;. The van der Waals surface area contributed by atoms with E-state index in [1.807, 2.05) is 149 Å². The molecule has 12 heterocycles. The van der Waals surface area contributed by atoms with E-state index in [2.05, 4.69) is 125 Å². The van der Waals surface area contributed by atoms with Crippen LogP contribution in [0.1, 0.15) is 232 Å². The fourth-order valence-electron chi connectivity index (χ4n) is 17.2. The molecule has 2 aliphatic heterocycles. The zero-order chi connectivity index (χ0) is 109. The van der Waals surface area contributed by atoms with Gasteiger partial charge < -0.3 is 78.6 Å². The van der Waals surface area contributed by atoms with Crippen molar-refractivity contribution in [3.05, 3.63) is 291 Å². The first-order valence-electron chi connectivity index (χ1n) is 47.8. The molecule has 0 unspecified atom stereocenters. The van der Waals surface area contributed by atoms with Gasteiger partial charge in [0.25, 0.3) is 23.6 Å². The number of nitrogens with two attached hydrogens (primary N) is 2. The number of carboxylic acid groups (broad SMARTS) is 1. The van der Waals surface area contributed by atoms with Gasteiger partial charge in [-0.15, -0.1) is 24.0 Å². The number of hydrogen-bond acceptors (Lipinski definition) is 24. The van der Waals surface area contributed by atoms with Crippen LogP contribution in [0.3, 0.4) is 0 Å². The summed E-state index contributed by atoms with van der Waals surface area (Å²) in [7, 11) is 1.62. The lowest BCUT2D eigenvalue weighted by Gasteiger charge is -2.45. The first-order chi connectivity index (χ1) is 69.4. The number of piperazine rings is 2. The number of pyridine rings is 5. The highest BCUT2D eigenvalue weighted by Gasteiger charge is 2.48. The number of nitrogens with zero attached hydrogens (tertiary/aromatic N) is 12. The molecule has 2 aliphatic rings. The minimum absolute atomic E-state index is 0. The highest BCUT2D eigenvalue weighted by molar-refractivity contribution is 14.0. The van der Waals surface area contributed by atoms with E-state index >= 15 is 0 Å². The Balaban J connectivity index is 0.000000198. The number of aromatic nitrogens is 5. The smallest absolute Gasteiger partial charge is 0.371 e. The molecule has 0 bridgehead atoms. The zero-order valence-corrected chi connectivity index (χ0v) is 94.0. The number of nitrogens with one attached hydrogen (secondary N) is 1. The largest absolute Gasteiger partial charge is 0.497 e. The normalized spacial score (nSPS) is 14.0. The Morgan fingerprint density at radius 1 is 0.443 bits per heavy atom. The Hall–Kier alpha value is -13.4. The van der Waals surface area contributed by atoms with E-state index in [-0.39, 0.29) is 133 Å². The number of benzene rings is 5. The molecular formula is C114H127Cl5IN15O14. The lowest BCUT2D eigenvalue weighted by molar-refractivity contribution is -0.144. The molecule has 784 valence electrons. The van der Waals surface area contributed by atoms with E-state index in [9.17, 15) is 34.2 Å². The van der Waals surface area contributed by atoms with Crippen molar-refractivity contribution in [3.63, 3.8) is 0 Å². The summed E-state index contributed by atoms with van der Waals surface area (Å²) < 4.78 is 34.5. The van der Waals surface area contributed by atoms with Gasteiger partial charge in [0.15, 0.2) is 39.4 Å². The van der Waals surface area contributed by atoms with Gasteiger partial charge in [0.2, 0.25) is 5.76 Å². The number of aryl methyl sites for hydroxylation is 4. The number of aromatic carboxylic acids is 1. The van der Waals surface area contributed by atoms with Crippen LogP contribution in [0.2, 0.25) is 25.2 Å². The van der Waals surface area contributed by atoms with Crippen LogP contribution in [-0.2, 0) is 56.4 Å². The number of allylic oxidation sites excluding steroid dienone is 2. The molecule has 2 saturated heterocycles. The fraction of sp³-hybridized carbons (Fsp3) is 0.333. The number of rotatable bonds is 16. The van der Waals surface area contributed by atoms with Crippen LogP contribution in [0.25, 0.3) is 101 Å². The van der Waals surface area contributed by atoms with Crippen LogP contribution < -0.4 is 16.2 Å². The summed E-state index contributed by atoms with van der Waals surface area (Å²) in [5.74, 6) is -0.527. The van der Waals surface area contributed by atoms with Crippen molar-refractivity contribution in [3.8, 4) is 50.8 Å². The van der Waals surface area contributed by atoms with Crippen LogP contribution >= 0.6 is 82.0 Å². The molecule has 17 rings (SSSR count). The first-order valence-corrected chi connectivity index (χ1v) is 49.6. The molecule has 10 aromatic heterocycles. The minimum Gasteiger partial charge on any atom is -0.497 e. The molecule has 0 aliphatic carbocycles. The third-order valence-electron chi connectivity index (χ3n) is 25.5. The zero-order valence-electron chi connectivity index (χ0n) is 87.9. The SMILES string of the molecule is CC(C)(C)c1cc(Cl)nc2cc(CO)oc12.COc1ccc(CN=CC(=CN)N2CCN(C(=O)c3cc4nc(-c5ccc(Cl)c(C)c5)cc(C(C)(C)C)c4o3)C(C)(C)C2=O)cc1.Cc1cc(-c2cc(C(C)(C)C)c3oc(C(=O)N4CCN(/C(C=N)=C/N)C(=O)C4(C)C)cc3n2)ccc1Cl.Cc1cc(-c2cc(C(C)(C)C)c3oc(C(=O)O)cc3n2)ccc1Cl.Cc1cc(-c2cc(C(C)(C)C)c3oc(CO)cc3n2)ccc1Cl.I.N#N.[HH]. The van der Waals surface area contributed by atoms with Gasteiger partial charge in [-0.2, -0.15) is 0 Å².